The molecule has 0 rings (SSSR count). The molecular weight excluding hydrogens is 246 g/mol. The third-order valence-electron chi connectivity index (χ3n) is 1.40. The average Bonchev–Trinajstić information content (AvgIpc) is 2.01. The van der Waals surface area contributed by atoms with Crippen LogP contribution in [-0.2, 0) is 24.3 Å². The standard InChI is InChI=1S/C6H15NO6S2/c1-2-14(7,10)5-15(11,12)4-3-13-6(8)9/h5-6,8-9H,2-4H2,1H3,(H2,7,10). The second-order valence-corrected chi connectivity index (χ2v) is 7.37. The lowest BCUT2D eigenvalue weighted by Crippen LogP contribution is -2.25. The van der Waals surface area contributed by atoms with Gasteiger partial charge in [-0.3, -0.25) is 9.35 Å². The van der Waals surface area contributed by atoms with Crippen molar-refractivity contribution in [1.82, 2.24) is 0 Å². The Morgan fingerprint density at radius 2 is 1.93 bits per heavy atom. The van der Waals surface area contributed by atoms with Crippen molar-refractivity contribution in [3.05, 3.63) is 0 Å². The maximum absolute atomic E-state index is 11.3. The highest BCUT2D eigenvalue weighted by molar-refractivity contribution is 8.20. The van der Waals surface area contributed by atoms with Crippen LogP contribution in [0.5, 0.6) is 0 Å². The predicted molar refractivity (Wildman–Crippen MR) is 56.9 cm³/mol. The van der Waals surface area contributed by atoms with Crippen LogP contribution < -0.4 is 5.14 Å². The zero-order valence-electron chi connectivity index (χ0n) is 8.20. The predicted octanol–water partition coefficient (Wildman–Crippen LogP) is -2.38. The number of ether oxygens (including phenoxy) is 1. The minimum absolute atomic E-state index is 0.0235. The van der Waals surface area contributed by atoms with E-state index in [1.807, 2.05) is 0 Å². The summed E-state index contributed by atoms with van der Waals surface area (Å²) in [6.07, 6.45) is 0. The van der Waals surface area contributed by atoms with Gasteiger partial charge >= 0.3 is 0 Å². The molecule has 0 aromatic rings. The molecule has 0 amide bonds. The largest absolute Gasteiger partial charge is 0.346 e. The molecule has 0 spiro atoms. The van der Waals surface area contributed by atoms with Crippen LogP contribution in [0.25, 0.3) is 0 Å². The molecule has 1 atom stereocenters. The third kappa shape index (κ3) is 7.71. The normalized spacial score (nSPS) is 16.3. The smallest absolute Gasteiger partial charge is 0.266 e. The molecule has 0 heterocycles. The molecule has 92 valence electrons. The second kappa shape index (κ2) is 5.77. The minimum Gasteiger partial charge on any atom is -0.346 e. The van der Waals surface area contributed by atoms with Crippen LogP contribution in [0.2, 0.25) is 0 Å². The fourth-order valence-corrected chi connectivity index (χ4v) is 3.88. The first-order valence-corrected chi connectivity index (χ1v) is 7.60. The van der Waals surface area contributed by atoms with Crippen LogP contribution >= 0.6 is 0 Å². The van der Waals surface area contributed by atoms with Gasteiger partial charge in [-0.05, 0) is 0 Å². The fourth-order valence-electron chi connectivity index (χ4n) is 0.634. The van der Waals surface area contributed by atoms with Crippen LogP contribution in [0.15, 0.2) is 0 Å². The van der Waals surface area contributed by atoms with Gasteiger partial charge in [-0.1, -0.05) is 6.92 Å². The maximum Gasteiger partial charge on any atom is 0.266 e. The van der Waals surface area contributed by atoms with Crippen molar-refractivity contribution in [3.63, 3.8) is 0 Å². The SMILES string of the molecule is CCS(N)(=O)=CS(=O)(=O)CCOC(O)O. The summed E-state index contributed by atoms with van der Waals surface area (Å²) in [7, 11) is -6.69. The number of hydrogen-bond acceptors (Lipinski definition) is 6. The Hall–Kier alpha value is -0.190. The zero-order chi connectivity index (χ0) is 12.1. The molecule has 0 fully saturated rings. The molecule has 7 nitrogen and oxygen atoms in total. The van der Waals surface area contributed by atoms with E-state index in [4.69, 9.17) is 15.4 Å². The average molecular weight is 261 g/mol. The van der Waals surface area contributed by atoms with E-state index in [2.05, 4.69) is 4.74 Å². The van der Waals surface area contributed by atoms with E-state index in [0.29, 0.717) is 4.70 Å². The molecule has 15 heavy (non-hydrogen) atoms. The molecule has 4 N–H and O–H groups in total. The van der Waals surface area contributed by atoms with E-state index in [-0.39, 0.29) is 5.75 Å². The second-order valence-electron chi connectivity index (χ2n) is 2.73. The van der Waals surface area contributed by atoms with Gasteiger partial charge in [0, 0.05) is 15.5 Å². The summed E-state index contributed by atoms with van der Waals surface area (Å²) in [5.74, 6) is -0.478. The van der Waals surface area contributed by atoms with Crippen molar-refractivity contribution < 1.29 is 27.6 Å². The van der Waals surface area contributed by atoms with Crippen molar-refractivity contribution in [2.45, 2.75) is 13.4 Å². The third-order valence-corrected chi connectivity index (χ3v) is 5.51. The molecule has 0 aliphatic rings. The molecule has 0 bridgehead atoms. The Balaban J connectivity index is 4.47. The van der Waals surface area contributed by atoms with Crippen molar-refractivity contribution in [2.24, 2.45) is 5.14 Å². The highest BCUT2D eigenvalue weighted by Crippen LogP contribution is 1.91. The summed E-state index contributed by atoms with van der Waals surface area (Å²) in [4.78, 5) is 0. The lowest BCUT2D eigenvalue weighted by atomic mass is 10.9. The Morgan fingerprint density at radius 3 is 2.33 bits per heavy atom. The van der Waals surface area contributed by atoms with Gasteiger partial charge in [0.05, 0.1) is 17.1 Å². The summed E-state index contributed by atoms with van der Waals surface area (Å²) < 4.78 is 38.5. The van der Waals surface area contributed by atoms with E-state index >= 15 is 0 Å². The molecule has 0 aromatic heterocycles. The summed E-state index contributed by atoms with van der Waals surface area (Å²) in [5.41, 5.74) is 0. The highest BCUT2D eigenvalue weighted by atomic mass is 32.3. The van der Waals surface area contributed by atoms with Crippen LogP contribution in [0.3, 0.4) is 0 Å². The minimum atomic E-state index is -3.72. The molecule has 0 aromatic carbocycles. The molecule has 9 heteroatoms. The number of hydrogen-bond donors (Lipinski definition) is 3. The van der Waals surface area contributed by atoms with E-state index in [1.165, 1.54) is 6.92 Å². The summed E-state index contributed by atoms with van der Waals surface area (Å²) in [6, 6.07) is 0. The van der Waals surface area contributed by atoms with E-state index in [9.17, 15) is 12.6 Å². The van der Waals surface area contributed by atoms with Crippen molar-refractivity contribution in [1.29, 1.82) is 0 Å². The van der Waals surface area contributed by atoms with E-state index < -0.39 is 38.4 Å². The Kier molecular flexibility index (Phi) is 5.70. The maximum atomic E-state index is 11.3. The van der Waals surface area contributed by atoms with Crippen LogP contribution in [0.1, 0.15) is 6.92 Å². The number of aliphatic hydroxyl groups is 2. The van der Waals surface area contributed by atoms with Gasteiger partial charge in [0.1, 0.15) is 0 Å². The monoisotopic (exact) mass is 261 g/mol. The topological polar surface area (TPSA) is 127 Å². The fraction of sp³-hybridized carbons (Fsp3) is 0.833. The molecular formula is C6H15NO6S2. The van der Waals surface area contributed by atoms with Gasteiger partial charge in [-0.2, -0.15) is 0 Å². The van der Waals surface area contributed by atoms with Crippen molar-refractivity contribution in [2.75, 3.05) is 18.1 Å². The van der Waals surface area contributed by atoms with Gasteiger partial charge < -0.3 is 14.9 Å². The quantitative estimate of drug-likeness (QED) is 0.362. The summed E-state index contributed by atoms with van der Waals surface area (Å²) in [5, 5.41) is 21.7. The first kappa shape index (κ1) is 14.8. The molecule has 0 radical (unpaired) electrons. The van der Waals surface area contributed by atoms with E-state index in [1.54, 1.807) is 0 Å². The van der Waals surface area contributed by atoms with Gasteiger partial charge in [0.25, 0.3) is 6.48 Å². The van der Waals surface area contributed by atoms with Gasteiger partial charge in [-0.15, -0.1) is 0 Å². The van der Waals surface area contributed by atoms with Gasteiger partial charge in [0.2, 0.25) is 0 Å². The number of rotatable bonds is 6. The van der Waals surface area contributed by atoms with Crippen LogP contribution in [0, 0.1) is 0 Å². The molecule has 0 aliphatic carbocycles. The zero-order valence-corrected chi connectivity index (χ0v) is 9.83. The van der Waals surface area contributed by atoms with Gasteiger partial charge in [-0.25, -0.2) is 8.42 Å². The summed E-state index contributed by atoms with van der Waals surface area (Å²) in [6.45, 7) is -0.925. The summed E-state index contributed by atoms with van der Waals surface area (Å²) >= 11 is 0. The van der Waals surface area contributed by atoms with Crippen LogP contribution in [0.4, 0.5) is 0 Å². The molecule has 0 saturated carbocycles. The van der Waals surface area contributed by atoms with Crippen molar-refractivity contribution >= 4 is 24.2 Å². The number of nitrogens with two attached hydrogens (primary N) is 1. The van der Waals surface area contributed by atoms with Gasteiger partial charge in [0.15, 0.2) is 9.84 Å². The molecule has 0 saturated heterocycles. The lowest BCUT2D eigenvalue weighted by Gasteiger charge is -2.05. The van der Waals surface area contributed by atoms with E-state index in [0.717, 1.165) is 0 Å². The molecule has 1 unspecified atom stereocenters. The highest BCUT2D eigenvalue weighted by Gasteiger charge is 2.11. The van der Waals surface area contributed by atoms with Crippen LogP contribution in [-0.4, -0.2) is 52.1 Å². The Labute approximate surface area is 88.9 Å². The number of sulfone groups is 1. The van der Waals surface area contributed by atoms with Crippen molar-refractivity contribution in [3.8, 4) is 0 Å². The first-order chi connectivity index (χ1) is 6.68. The first-order valence-electron chi connectivity index (χ1n) is 4.03. The number of aliphatic hydroxyl groups excluding tert-OH is 1. The Bertz CT molecular complexity index is 392. The molecule has 0 aliphatic heterocycles. The Morgan fingerprint density at radius 1 is 1.40 bits per heavy atom. The lowest BCUT2D eigenvalue weighted by molar-refractivity contribution is -0.230.